The van der Waals surface area contributed by atoms with Crippen LogP contribution in [0.2, 0.25) is 0 Å². The minimum absolute atomic E-state index is 0.146. The molecule has 4 rings (SSSR count). The van der Waals surface area contributed by atoms with E-state index >= 15 is 0 Å². The van der Waals surface area contributed by atoms with E-state index < -0.39 is 0 Å². The molecule has 3 aromatic rings. The van der Waals surface area contributed by atoms with Crippen molar-refractivity contribution in [2.75, 3.05) is 23.5 Å². The van der Waals surface area contributed by atoms with Crippen LogP contribution in [0.15, 0.2) is 29.6 Å². The van der Waals surface area contributed by atoms with Crippen LogP contribution in [0.3, 0.4) is 0 Å². The Balaban J connectivity index is 1.38. The molecule has 2 heterocycles. The number of pyridine rings is 1. The quantitative estimate of drug-likeness (QED) is 0.388. The first-order chi connectivity index (χ1) is 16.0. The number of fused-ring (bicyclic) bond motifs is 1. The summed E-state index contributed by atoms with van der Waals surface area (Å²) in [4.78, 5) is 24.3. The van der Waals surface area contributed by atoms with Crippen molar-refractivity contribution in [3.8, 4) is 11.8 Å². The van der Waals surface area contributed by atoms with Gasteiger partial charge in [0.15, 0.2) is 5.16 Å². The molecule has 1 amide bonds. The molecule has 1 saturated carbocycles. The number of aryl methyl sites for hydroxylation is 1. The van der Waals surface area contributed by atoms with Gasteiger partial charge in [0.1, 0.15) is 17.5 Å². The average Bonchev–Trinajstić information content (AvgIpc) is 3.24. The summed E-state index contributed by atoms with van der Waals surface area (Å²) in [5.41, 5.74) is 10.1. The molecule has 0 aliphatic heterocycles. The number of nitrogens with zero attached hydrogens (tertiary/aromatic N) is 3. The van der Waals surface area contributed by atoms with Crippen molar-refractivity contribution in [1.82, 2.24) is 15.0 Å². The van der Waals surface area contributed by atoms with Gasteiger partial charge in [0.25, 0.3) is 0 Å². The van der Waals surface area contributed by atoms with Crippen LogP contribution in [0.5, 0.6) is 5.75 Å². The van der Waals surface area contributed by atoms with Crippen molar-refractivity contribution < 1.29 is 9.53 Å². The molecule has 33 heavy (non-hydrogen) atoms. The lowest BCUT2D eigenvalue weighted by molar-refractivity contribution is -0.113. The standard InChI is InChI=1S/C23H27N7O2S/c1-13-18(10-24)26-11-19-22(13)30-23(29-19)33-12-21(31)28-16-7-8-20(32-2)17(9-16)27-15-5-3-14(25)4-6-15/h7-9,11,14-15,27H,3-6,12,25H2,1-2H3,(H,28,31)(H,29,30). The van der Waals surface area contributed by atoms with Crippen molar-refractivity contribution in [3.63, 3.8) is 0 Å². The zero-order valence-electron chi connectivity index (χ0n) is 18.6. The summed E-state index contributed by atoms with van der Waals surface area (Å²) in [5.74, 6) is 0.778. The SMILES string of the molecule is COc1ccc(NC(=O)CSc2nc3c(C)c(C#N)ncc3[nH]2)cc1NC1CCC(N)CC1. The minimum Gasteiger partial charge on any atom is -0.495 e. The number of nitrogens with two attached hydrogens (primary N) is 1. The van der Waals surface area contributed by atoms with Crippen LogP contribution in [0.4, 0.5) is 11.4 Å². The largest absolute Gasteiger partial charge is 0.495 e. The number of hydrogen-bond acceptors (Lipinski definition) is 8. The Bertz CT molecular complexity index is 1200. The lowest BCUT2D eigenvalue weighted by atomic mass is 9.91. The van der Waals surface area contributed by atoms with Crippen LogP contribution in [-0.4, -0.2) is 45.8 Å². The van der Waals surface area contributed by atoms with Gasteiger partial charge in [0, 0.05) is 23.3 Å². The number of ether oxygens (including phenoxy) is 1. The number of H-pyrrole nitrogens is 1. The number of hydrogen-bond donors (Lipinski definition) is 4. The summed E-state index contributed by atoms with van der Waals surface area (Å²) in [6, 6.07) is 8.25. The molecular formula is C23H27N7O2S. The maximum atomic E-state index is 12.6. The molecule has 0 spiro atoms. The Morgan fingerprint density at radius 2 is 2.15 bits per heavy atom. The summed E-state index contributed by atoms with van der Waals surface area (Å²) in [6.45, 7) is 1.81. The average molecular weight is 466 g/mol. The number of aromatic nitrogens is 3. The zero-order chi connectivity index (χ0) is 23.4. The third-order valence-electron chi connectivity index (χ3n) is 5.80. The van der Waals surface area contributed by atoms with Gasteiger partial charge in [0.05, 0.1) is 35.8 Å². The van der Waals surface area contributed by atoms with E-state index in [1.54, 1.807) is 13.3 Å². The van der Waals surface area contributed by atoms with Crippen LogP contribution in [0.25, 0.3) is 11.0 Å². The summed E-state index contributed by atoms with van der Waals surface area (Å²) >= 11 is 1.29. The molecule has 9 nitrogen and oxygen atoms in total. The highest BCUT2D eigenvalue weighted by Crippen LogP contribution is 2.31. The van der Waals surface area contributed by atoms with E-state index in [1.807, 2.05) is 25.1 Å². The number of aromatic amines is 1. The van der Waals surface area contributed by atoms with Crippen molar-refractivity contribution >= 4 is 40.1 Å². The second kappa shape index (κ2) is 10.1. The van der Waals surface area contributed by atoms with Gasteiger partial charge in [-0.15, -0.1) is 0 Å². The Labute approximate surface area is 196 Å². The topological polar surface area (TPSA) is 142 Å². The number of carbonyl (C=O) groups is 1. The van der Waals surface area contributed by atoms with E-state index in [0.29, 0.717) is 28.1 Å². The predicted molar refractivity (Wildman–Crippen MR) is 130 cm³/mol. The van der Waals surface area contributed by atoms with Gasteiger partial charge in [-0.05, 0) is 50.8 Å². The third kappa shape index (κ3) is 5.38. The van der Waals surface area contributed by atoms with Crippen molar-refractivity contribution in [2.45, 2.75) is 49.8 Å². The Morgan fingerprint density at radius 1 is 1.36 bits per heavy atom. The molecule has 1 aliphatic carbocycles. The van der Waals surface area contributed by atoms with Gasteiger partial charge in [-0.2, -0.15) is 5.26 Å². The van der Waals surface area contributed by atoms with E-state index in [0.717, 1.165) is 48.2 Å². The number of rotatable bonds is 7. The molecule has 172 valence electrons. The molecule has 0 unspecified atom stereocenters. The van der Waals surface area contributed by atoms with Gasteiger partial charge in [0.2, 0.25) is 5.91 Å². The predicted octanol–water partition coefficient (Wildman–Crippen LogP) is 3.56. The normalized spacial score (nSPS) is 18.0. The highest BCUT2D eigenvalue weighted by molar-refractivity contribution is 7.99. The van der Waals surface area contributed by atoms with E-state index in [2.05, 4.69) is 31.7 Å². The summed E-state index contributed by atoms with van der Waals surface area (Å²) in [5, 5.41) is 16.2. The number of amides is 1. The highest BCUT2D eigenvalue weighted by Gasteiger charge is 2.20. The number of nitrogens with one attached hydrogen (secondary N) is 3. The first kappa shape index (κ1) is 22.9. The van der Waals surface area contributed by atoms with E-state index in [4.69, 9.17) is 15.7 Å². The molecule has 10 heteroatoms. The van der Waals surface area contributed by atoms with Crippen LogP contribution < -0.4 is 21.1 Å². The molecule has 1 fully saturated rings. The van der Waals surface area contributed by atoms with Crippen LogP contribution in [-0.2, 0) is 4.79 Å². The van der Waals surface area contributed by atoms with Crippen LogP contribution in [0, 0.1) is 18.3 Å². The lowest BCUT2D eigenvalue weighted by Gasteiger charge is -2.28. The fraction of sp³-hybridized carbons (Fsp3) is 0.391. The molecule has 0 radical (unpaired) electrons. The van der Waals surface area contributed by atoms with Gasteiger partial charge >= 0.3 is 0 Å². The molecule has 0 saturated heterocycles. The first-order valence-corrected chi connectivity index (χ1v) is 11.8. The molecule has 0 bridgehead atoms. The van der Waals surface area contributed by atoms with Gasteiger partial charge in [-0.1, -0.05) is 11.8 Å². The van der Waals surface area contributed by atoms with Gasteiger partial charge in [-0.25, -0.2) is 9.97 Å². The number of thioether (sulfide) groups is 1. The lowest BCUT2D eigenvalue weighted by Crippen LogP contribution is -2.32. The van der Waals surface area contributed by atoms with Crippen LogP contribution in [0.1, 0.15) is 36.9 Å². The number of benzene rings is 1. The zero-order valence-corrected chi connectivity index (χ0v) is 19.5. The summed E-state index contributed by atoms with van der Waals surface area (Å²) in [7, 11) is 1.64. The number of methoxy groups -OCH3 is 1. The molecular weight excluding hydrogens is 438 g/mol. The number of carbonyl (C=O) groups excluding carboxylic acids is 1. The Morgan fingerprint density at radius 3 is 2.88 bits per heavy atom. The van der Waals surface area contributed by atoms with Crippen molar-refractivity contribution in [3.05, 3.63) is 35.7 Å². The molecule has 2 aromatic heterocycles. The maximum Gasteiger partial charge on any atom is 0.234 e. The van der Waals surface area contributed by atoms with Crippen LogP contribution >= 0.6 is 11.8 Å². The number of imidazole rings is 1. The minimum atomic E-state index is -0.146. The maximum absolute atomic E-state index is 12.6. The van der Waals surface area contributed by atoms with E-state index in [1.165, 1.54) is 11.8 Å². The molecule has 5 N–H and O–H groups in total. The smallest absolute Gasteiger partial charge is 0.234 e. The fourth-order valence-electron chi connectivity index (χ4n) is 3.98. The summed E-state index contributed by atoms with van der Waals surface area (Å²) < 4.78 is 5.49. The summed E-state index contributed by atoms with van der Waals surface area (Å²) in [6.07, 6.45) is 5.62. The Kier molecular flexibility index (Phi) is 7.01. The Hall–Kier alpha value is -3.29. The molecule has 1 aromatic carbocycles. The second-order valence-electron chi connectivity index (χ2n) is 8.16. The monoisotopic (exact) mass is 465 g/mol. The van der Waals surface area contributed by atoms with Gasteiger partial charge in [-0.3, -0.25) is 4.79 Å². The second-order valence-corrected chi connectivity index (χ2v) is 9.12. The first-order valence-electron chi connectivity index (χ1n) is 10.8. The molecule has 1 aliphatic rings. The van der Waals surface area contributed by atoms with E-state index in [9.17, 15) is 4.79 Å². The fourth-order valence-corrected chi connectivity index (χ4v) is 4.65. The van der Waals surface area contributed by atoms with Crippen molar-refractivity contribution in [2.24, 2.45) is 5.73 Å². The molecule has 0 atom stereocenters. The van der Waals surface area contributed by atoms with Gasteiger partial charge < -0.3 is 26.1 Å². The highest BCUT2D eigenvalue weighted by atomic mass is 32.2. The number of anilines is 2. The van der Waals surface area contributed by atoms with Crippen molar-refractivity contribution in [1.29, 1.82) is 5.26 Å². The number of nitriles is 1. The third-order valence-corrected chi connectivity index (χ3v) is 6.68. The van der Waals surface area contributed by atoms with E-state index in [-0.39, 0.29) is 17.7 Å².